The summed E-state index contributed by atoms with van der Waals surface area (Å²) in [6, 6.07) is 14.4. The zero-order chi connectivity index (χ0) is 13.1. The third kappa shape index (κ3) is 2.70. The smallest absolute Gasteiger partial charge is 0.241 e. The maximum atomic E-state index is 11.9. The first-order chi connectivity index (χ1) is 9.33. The molecule has 1 aliphatic rings. The summed E-state index contributed by atoms with van der Waals surface area (Å²) in [5, 5.41) is 5.64. The fraction of sp³-hybridized carbons (Fsp3) is 0.312. The number of carbonyl (C=O) groups is 1. The van der Waals surface area contributed by atoms with Gasteiger partial charge in [0, 0.05) is 18.8 Å². The molecule has 1 fully saturated rings. The van der Waals surface area contributed by atoms with Gasteiger partial charge in [-0.25, -0.2) is 0 Å². The summed E-state index contributed by atoms with van der Waals surface area (Å²) in [4.78, 5) is 13.9. The molecule has 0 bridgehead atoms. The van der Waals surface area contributed by atoms with E-state index in [9.17, 15) is 4.79 Å². The Labute approximate surface area is 113 Å². The van der Waals surface area contributed by atoms with Gasteiger partial charge in [-0.15, -0.1) is 0 Å². The van der Waals surface area contributed by atoms with E-state index >= 15 is 0 Å². The molecule has 2 aromatic rings. The van der Waals surface area contributed by atoms with E-state index in [-0.39, 0.29) is 5.91 Å². The minimum Gasteiger partial charge on any atom is -0.376 e. The lowest BCUT2D eigenvalue weighted by molar-refractivity contribution is -0.128. The highest BCUT2D eigenvalue weighted by Gasteiger charge is 2.17. The van der Waals surface area contributed by atoms with Gasteiger partial charge in [0.1, 0.15) is 0 Å². The quantitative estimate of drug-likeness (QED) is 0.913. The van der Waals surface area contributed by atoms with Crippen molar-refractivity contribution in [2.75, 3.05) is 25.0 Å². The van der Waals surface area contributed by atoms with E-state index in [2.05, 4.69) is 29.6 Å². The standard InChI is InChI=1S/C16H18N2O/c19-16(18-9-3-4-10-18)12-17-15-8-7-13-5-1-2-6-14(13)11-15/h1-2,5-8,11,17H,3-4,9-10,12H2. The SMILES string of the molecule is O=C(CNc1ccc2ccccc2c1)N1CCCC1. The van der Waals surface area contributed by atoms with Crippen LogP contribution >= 0.6 is 0 Å². The molecule has 0 aliphatic carbocycles. The fourth-order valence-corrected chi connectivity index (χ4v) is 2.56. The van der Waals surface area contributed by atoms with Gasteiger partial charge in [-0.2, -0.15) is 0 Å². The van der Waals surface area contributed by atoms with Gasteiger partial charge >= 0.3 is 0 Å². The predicted molar refractivity (Wildman–Crippen MR) is 78.3 cm³/mol. The van der Waals surface area contributed by atoms with Gasteiger partial charge in [0.25, 0.3) is 0 Å². The number of fused-ring (bicyclic) bond motifs is 1. The lowest BCUT2D eigenvalue weighted by Gasteiger charge is -2.16. The third-order valence-corrected chi connectivity index (χ3v) is 3.65. The van der Waals surface area contributed by atoms with Crippen LogP contribution in [0.2, 0.25) is 0 Å². The van der Waals surface area contributed by atoms with Crippen LogP contribution in [0.5, 0.6) is 0 Å². The van der Waals surface area contributed by atoms with Crippen LogP contribution in [0.4, 0.5) is 5.69 Å². The molecule has 2 aromatic carbocycles. The molecule has 1 N–H and O–H groups in total. The molecular weight excluding hydrogens is 236 g/mol. The summed E-state index contributed by atoms with van der Waals surface area (Å²) >= 11 is 0. The van der Waals surface area contributed by atoms with Crippen molar-refractivity contribution in [2.45, 2.75) is 12.8 Å². The number of nitrogens with one attached hydrogen (secondary N) is 1. The minimum absolute atomic E-state index is 0.200. The fourth-order valence-electron chi connectivity index (χ4n) is 2.56. The average molecular weight is 254 g/mol. The number of hydrogen-bond donors (Lipinski definition) is 1. The first kappa shape index (κ1) is 12.0. The van der Waals surface area contributed by atoms with Crippen LogP contribution in [0.3, 0.4) is 0 Å². The Morgan fingerprint density at radius 3 is 2.58 bits per heavy atom. The van der Waals surface area contributed by atoms with Gasteiger partial charge < -0.3 is 10.2 Å². The minimum atomic E-state index is 0.200. The summed E-state index contributed by atoms with van der Waals surface area (Å²) in [6.07, 6.45) is 2.28. The summed E-state index contributed by atoms with van der Waals surface area (Å²) < 4.78 is 0. The maximum absolute atomic E-state index is 11.9. The Morgan fingerprint density at radius 1 is 1.05 bits per heavy atom. The van der Waals surface area contributed by atoms with Gasteiger partial charge in [0.05, 0.1) is 6.54 Å². The highest BCUT2D eigenvalue weighted by atomic mass is 16.2. The van der Waals surface area contributed by atoms with Crippen LogP contribution in [-0.2, 0) is 4.79 Å². The number of rotatable bonds is 3. The van der Waals surface area contributed by atoms with Crippen LogP contribution < -0.4 is 5.32 Å². The maximum Gasteiger partial charge on any atom is 0.241 e. The van der Waals surface area contributed by atoms with Crippen LogP contribution in [0.25, 0.3) is 10.8 Å². The van der Waals surface area contributed by atoms with Gasteiger partial charge in [-0.1, -0.05) is 30.3 Å². The van der Waals surface area contributed by atoms with Crippen molar-refractivity contribution in [3.63, 3.8) is 0 Å². The highest BCUT2D eigenvalue weighted by Crippen LogP contribution is 2.18. The van der Waals surface area contributed by atoms with E-state index in [1.165, 1.54) is 10.8 Å². The summed E-state index contributed by atoms with van der Waals surface area (Å²) in [5.74, 6) is 0.200. The van der Waals surface area contributed by atoms with Crippen molar-refractivity contribution in [3.05, 3.63) is 42.5 Å². The molecule has 0 radical (unpaired) electrons. The van der Waals surface area contributed by atoms with Crippen molar-refractivity contribution in [1.29, 1.82) is 0 Å². The van der Waals surface area contributed by atoms with E-state index in [0.717, 1.165) is 31.6 Å². The average Bonchev–Trinajstić information content (AvgIpc) is 2.99. The van der Waals surface area contributed by atoms with Gasteiger partial charge in [0.2, 0.25) is 5.91 Å². The van der Waals surface area contributed by atoms with Crippen LogP contribution in [0.1, 0.15) is 12.8 Å². The van der Waals surface area contributed by atoms with Crippen LogP contribution in [-0.4, -0.2) is 30.4 Å². The topological polar surface area (TPSA) is 32.3 Å². The molecule has 3 rings (SSSR count). The predicted octanol–water partition coefficient (Wildman–Crippen LogP) is 2.87. The lowest BCUT2D eigenvalue weighted by atomic mass is 10.1. The van der Waals surface area contributed by atoms with Crippen molar-refractivity contribution < 1.29 is 4.79 Å². The van der Waals surface area contributed by atoms with Crippen LogP contribution in [0.15, 0.2) is 42.5 Å². The highest BCUT2D eigenvalue weighted by molar-refractivity contribution is 5.87. The molecule has 0 atom stereocenters. The molecule has 19 heavy (non-hydrogen) atoms. The number of nitrogens with zero attached hydrogens (tertiary/aromatic N) is 1. The van der Waals surface area contributed by atoms with E-state index in [0.29, 0.717) is 6.54 Å². The Morgan fingerprint density at radius 2 is 1.79 bits per heavy atom. The van der Waals surface area contributed by atoms with Crippen molar-refractivity contribution in [1.82, 2.24) is 4.90 Å². The largest absolute Gasteiger partial charge is 0.376 e. The summed E-state index contributed by atoms with van der Waals surface area (Å²) in [5.41, 5.74) is 1.01. The molecule has 1 saturated heterocycles. The summed E-state index contributed by atoms with van der Waals surface area (Å²) in [6.45, 7) is 2.22. The molecule has 1 amide bonds. The van der Waals surface area contributed by atoms with Gasteiger partial charge in [0.15, 0.2) is 0 Å². The number of likely N-dealkylation sites (tertiary alicyclic amines) is 1. The van der Waals surface area contributed by atoms with Crippen molar-refractivity contribution in [3.8, 4) is 0 Å². The zero-order valence-electron chi connectivity index (χ0n) is 10.9. The molecule has 98 valence electrons. The Kier molecular flexibility index (Phi) is 3.36. The van der Waals surface area contributed by atoms with Gasteiger partial charge in [-0.05, 0) is 35.7 Å². The molecule has 1 heterocycles. The molecular formula is C16H18N2O. The second-order valence-electron chi connectivity index (χ2n) is 5.00. The van der Waals surface area contributed by atoms with E-state index in [4.69, 9.17) is 0 Å². The lowest BCUT2D eigenvalue weighted by Crippen LogP contribution is -2.32. The number of anilines is 1. The molecule has 0 saturated carbocycles. The number of carbonyl (C=O) groups excluding carboxylic acids is 1. The van der Waals surface area contributed by atoms with Crippen molar-refractivity contribution in [2.24, 2.45) is 0 Å². The van der Waals surface area contributed by atoms with E-state index < -0.39 is 0 Å². The molecule has 3 heteroatoms. The summed E-state index contributed by atoms with van der Waals surface area (Å²) in [7, 11) is 0. The first-order valence-electron chi connectivity index (χ1n) is 6.83. The Hall–Kier alpha value is -2.03. The Bertz CT molecular complexity index is 588. The van der Waals surface area contributed by atoms with E-state index in [1.54, 1.807) is 0 Å². The van der Waals surface area contributed by atoms with Crippen molar-refractivity contribution >= 4 is 22.4 Å². The molecule has 0 unspecified atom stereocenters. The normalized spacial score (nSPS) is 14.8. The molecule has 0 aromatic heterocycles. The third-order valence-electron chi connectivity index (χ3n) is 3.65. The first-order valence-corrected chi connectivity index (χ1v) is 6.83. The second-order valence-corrected chi connectivity index (χ2v) is 5.00. The molecule has 3 nitrogen and oxygen atoms in total. The zero-order valence-corrected chi connectivity index (χ0v) is 10.9. The monoisotopic (exact) mass is 254 g/mol. The second kappa shape index (κ2) is 5.31. The number of benzene rings is 2. The van der Waals surface area contributed by atoms with E-state index in [1.807, 2.05) is 23.1 Å². The Balaban J connectivity index is 1.66. The molecule has 0 spiro atoms. The number of hydrogen-bond acceptors (Lipinski definition) is 2. The number of amides is 1. The van der Waals surface area contributed by atoms with Gasteiger partial charge in [-0.3, -0.25) is 4.79 Å². The van der Waals surface area contributed by atoms with Crippen LogP contribution in [0, 0.1) is 0 Å². The molecule has 1 aliphatic heterocycles.